The Hall–Kier alpha value is -2.73. The molecular formula is C19H22N6. The van der Waals surface area contributed by atoms with Crippen LogP contribution in [0, 0.1) is 6.92 Å². The number of piperazine rings is 1. The summed E-state index contributed by atoms with van der Waals surface area (Å²) in [5.41, 5.74) is 3.87. The normalized spacial score (nSPS) is 16.2. The molecule has 6 nitrogen and oxygen atoms in total. The summed E-state index contributed by atoms with van der Waals surface area (Å²) >= 11 is 0. The zero-order valence-electron chi connectivity index (χ0n) is 14.6. The van der Waals surface area contributed by atoms with E-state index in [0.717, 1.165) is 49.0 Å². The standard InChI is InChI=1S/C19H22N6/c1-15-19(25-10-4-3-5-18(25)20-15)22-21-16-6-8-17(9-7-16)24-13-11-23(2)12-14-24/h3-10H,11-14H2,1-2H3. The quantitative estimate of drug-likeness (QED) is 0.684. The molecule has 3 heterocycles. The van der Waals surface area contributed by atoms with E-state index in [1.54, 1.807) is 0 Å². The van der Waals surface area contributed by atoms with Crippen LogP contribution in [0.1, 0.15) is 5.69 Å². The molecule has 128 valence electrons. The molecule has 4 rings (SSSR count). The highest BCUT2D eigenvalue weighted by Crippen LogP contribution is 2.25. The van der Waals surface area contributed by atoms with Gasteiger partial charge in [-0.05, 0) is 50.4 Å². The van der Waals surface area contributed by atoms with E-state index in [1.165, 1.54) is 5.69 Å². The molecule has 0 unspecified atom stereocenters. The maximum Gasteiger partial charge on any atom is 0.182 e. The molecule has 3 aromatic rings. The number of benzene rings is 1. The lowest BCUT2D eigenvalue weighted by molar-refractivity contribution is 0.313. The number of hydrogen-bond donors (Lipinski definition) is 0. The monoisotopic (exact) mass is 334 g/mol. The Morgan fingerprint density at radius 3 is 2.44 bits per heavy atom. The van der Waals surface area contributed by atoms with Gasteiger partial charge in [0.05, 0.1) is 11.4 Å². The first-order valence-electron chi connectivity index (χ1n) is 8.60. The average Bonchev–Trinajstić information content (AvgIpc) is 2.96. The summed E-state index contributed by atoms with van der Waals surface area (Å²) in [6, 6.07) is 14.2. The van der Waals surface area contributed by atoms with Crippen LogP contribution in [-0.2, 0) is 0 Å². The number of pyridine rings is 1. The van der Waals surface area contributed by atoms with E-state index in [-0.39, 0.29) is 0 Å². The van der Waals surface area contributed by atoms with Crippen molar-refractivity contribution in [3.05, 3.63) is 54.4 Å². The second-order valence-electron chi connectivity index (χ2n) is 6.46. The molecule has 0 aliphatic carbocycles. The zero-order valence-corrected chi connectivity index (χ0v) is 14.6. The van der Waals surface area contributed by atoms with Crippen molar-refractivity contribution >= 4 is 22.8 Å². The van der Waals surface area contributed by atoms with E-state index in [2.05, 4.69) is 44.2 Å². The van der Waals surface area contributed by atoms with Gasteiger partial charge >= 0.3 is 0 Å². The Kier molecular flexibility index (Phi) is 4.19. The van der Waals surface area contributed by atoms with Crippen molar-refractivity contribution in [3.8, 4) is 0 Å². The molecule has 1 fully saturated rings. The number of aromatic nitrogens is 2. The molecule has 0 bridgehead atoms. The number of imidazole rings is 1. The number of likely N-dealkylation sites (N-methyl/N-ethyl adjacent to an activating group) is 1. The molecule has 1 aliphatic rings. The Bertz CT molecular complexity index is 888. The second kappa shape index (κ2) is 6.64. The molecule has 0 saturated carbocycles. The van der Waals surface area contributed by atoms with Crippen LogP contribution in [-0.4, -0.2) is 47.5 Å². The number of rotatable bonds is 3. The van der Waals surface area contributed by atoms with Crippen LogP contribution in [0.5, 0.6) is 0 Å². The zero-order chi connectivity index (χ0) is 17.2. The van der Waals surface area contributed by atoms with Gasteiger partial charge in [-0.25, -0.2) is 4.98 Å². The third kappa shape index (κ3) is 3.25. The number of anilines is 1. The molecule has 0 radical (unpaired) electrons. The second-order valence-corrected chi connectivity index (χ2v) is 6.46. The van der Waals surface area contributed by atoms with Crippen molar-refractivity contribution in [1.82, 2.24) is 14.3 Å². The summed E-state index contributed by atoms with van der Waals surface area (Å²) in [6.07, 6.45) is 1.96. The van der Waals surface area contributed by atoms with Gasteiger partial charge in [0, 0.05) is 38.1 Å². The van der Waals surface area contributed by atoms with Gasteiger partial charge in [0.15, 0.2) is 5.82 Å². The van der Waals surface area contributed by atoms with Gasteiger partial charge in [0.1, 0.15) is 5.65 Å². The van der Waals surface area contributed by atoms with Crippen molar-refractivity contribution in [1.29, 1.82) is 0 Å². The van der Waals surface area contributed by atoms with Crippen molar-refractivity contribution in [2.45, 2.75) is 6.92 Å². The van der Waals surface area contributed by atoms with E-state index in [1.807, 2.05) is 47.9 Å². The van der Waals surface area contributed by atoms with E-state index < -0.39 is 0 Å². The minimum atomic E-state index is 0.777. The lowest BCUT2D eigenvalue weighted by Crippen LogP contribution is -2.44. The highest BCUT2D eigenvalue weighted by atomic mass is 15.2. The molecular weight excluding hydrogens is 312 g/mol. The highest BCUT2D eigenvalue weighted by molar-refractivity contribution is 5.54. The SMILES string of the molecule is Cc1nc2ccccn2c1N=Nc1ccc(N2CCN(C)CC2)cc1. The lowest BCUT2D eigenvalue weighted by atomic mass is 10.2. The van der Waals surface area contributed by atoms with Crippen molar-refractivity contribution < 1.29 is 0 Å². The highest BCUT2D eigenvalue weighted by Gasteiger charge is 2.14. The van der Waals surface area contributed by atoms with Crippen LogP contribution in [0.2, 0.25) is 0 Å². The van der Waals surface area contributed by atoms with Crippen LogP contribution in [0.15, 0.2) is 58.9 Å². The minimum Gasteiger partial charge on any atom is -0.369 e. The third-order valence-corrected chi connectivity index (χ3v) is 4.65. The Morgan fingerprint density at radius 1 is 0.920 bits per heavy atom. The topological polar surface area (TPSA) is 48.5 Å². The van der Waals surface area contributed by atoms with Crippen molar-refractivity contribution in [2.75, 3.05) is 38.1 Å². The predicted octanol–water partition coefficient (Wildman–Crippen LogP) is 3.81. The van der Waals surface area contributed by atoms with Gasteiger partial charge in [-0.3, -0.25) is 4.40 Å². The van der Waals surface area contributed by atoms with E-state index in [0.29, 0.717) is 0 Å². The van der Waals surface area contributed by atoms with E-state index >= 15 is 0 Å². The molecule has 25 heavy (non-hydrogen) atoms. The van der Waals surface area contributed by atoms with Crippen LogP contribution < -0.4 is 4.90 Å². The molecule has 1 saturated heterocycles. The van der Waals surface area contributed by atoms with E-state index in [4.69, 9.17) is 0 Å². The van der Waals surface area contributed by atoms with Gasteiger partial charge in [-0.2, -0.15) is 0 Å². The average molecular weight is 334 g/mol. The van der Waals surface area contributed by atoms with Crippen LogP contribution in [0.4, 0.5) is 17.2 Å². The Labute approximate surface area is 147 Å². The smallest absolute Gasteiger partial charge is 0.182 e. The van der Waals surface area contributed by atoms with Crippen LogP contribution in [0.25, 0.3) is 5.65 Å². The molecule has 0 spiro atoms. The molecule has 0 amide bonds. The van der Waals surface area contributed by atoms with Gasteiger partial charge in [-0.15, -0.1) is 10.2 Å². The molecule has 0 N–H and O–H groups in total. The predicted molar refractivity (Wildman–Crippen MR) is 100 cm³/mol. The number of hydrogen-bond acceptors (Lipinski definition) is 5. The molecule has 1 aromatic carbocycles. The summed E-state index contributed by atoms with van der Waals surface area (Å²) in [4.78, 5) is 9.28. The summed E-state index contributed by atoms with van der Waals surface area (Å²) in [5.74, 6) is 0.777. The number of azo groups is 1. The van der Waals surface area contributed by atoms with Crippen molar-refractivity contribution in [3.63, 3.8) is 0 Å². The van der Waals surface area contributed by atoms with Crippen molar-refractivity contribution in [2.24, 2.45) is 10.2 Å². The van der Waals surface area contributed by atoms with E-state index in [9.17, 15) is 0 Å². The summed E-state index contributed by atoms with van der Waals surface area (Å²) in [6.45, 7) is 6.30. The lowest BCUT2D eigenvalue weighted by Gasteiger charge is -2.34. The fraction of sp³-hybridized carbons (Fsp3) is 0.316. The first-order chi connectivity index (χ1) is 12.2. The summed E-state index contributed by atoms with van der Waals surface area (Å²) in [7, 11) is 2.17. The molecule has 0 atom stereocenters. The molecule has 1 aliphatic heterocycles. The van der Waals surface area contributed by atoms with Crippen LogP contribution >= 0.6 is 0 Å². The minimum absolute atomic E-state index is 0.777. The van der Waals surface area contributed by atoms with Gasteiger partial charge in [-0.1, -0.05) is 6.07 Å². The summed E-state index contributed by atoms with van der Waals surface area (Å²) < 4.78 is 1.96. The number of fused-ring (bicyclic) bond motifs is 1. The Balaban J connectivity index is 1.52. The fourth-order valence-corrected chi connectivity index (χ4v) is 3.12. The fourth-order valence-electron chi connectivity index (χ4n) is 3.12. The Morgan fingerprint density at radius 2 is 1.68 bits per heavy atom. The molecule has 2 aromatic heterocycles. The largest absolute Gasteiger partial charge is 0.369 e. The molecule has 6 heteroatoms. The maximum atomic E-state index is 4.51. The first-order valence-corrected chi connectivity index (χ1v) is 8.60. The summed E-state index contributed by atoms with van der Waals surface area (Å²) in [5, 5.41) is 8.82. The number of aryl methyl sites for hydroxylation is 1. The third-order valence-electron chi connectivity index (χ3n) is 4.65. The van der Waals surface area contributed by atoms with Gasteiger partial charge in [0.25, 0.3) is 0 Å². The van der Waals surface area contributed by atoms with Crippen LogP contribution in [0.3, 0.4) is 0 Å². The number of nitrogens with zero attached hydrogens (tertiary/aromatic N) is 6. The van der Waals surface area contributed by atoms with Gasteiger partial charge in [0.2, 0.25) is 0 Å². The maximum absolute atomic E-state index is 4.51. The van der Waals surface area contributed by atoms with Gasteiger partial charge < -0.3 is 9.80 Å². The first kappa shape index (κ1) is 15.8.